The number of carbonyl (C=O) groups is 1. The van der Waals surface area contributed by atoms with Gasteiger partial charge >= 0.3 is 18.7 Å². The molecule has 1 aliphatic rings. The van der Waals surface area contributed by atoms with Crippen LogP contribution in [0.1, 0.15) is 29.3 Å². The zero-order valence-electron chi connectivity index (χ0n) is 18.6. The van der Waals surface area contributed by atoms with Gasteiger partial charge in [-0.3, -0.25) is 18.9 Å². The summed E-state index contributed by atoms with van der Waals surface area (Å²) in [7, 11) is 0. The molecule has 0 aliphatic carbocycles. The van der Waals surface area contributed by atoms with Gasteiger partial charge in [0.2, 0.25) is 11.9 Å². The minimum Gasteiger partial charge on any atom is -0.369 e. The molecule has 0 saturated heterocycles. The summed E-state index contributed by atoms with van der Waals surface area (Å²) >= 11 is 0. The third-order valence-corrected chi connectivity index (χ3v) is 5.72. The number of fused-ring (bicyclic) bond motifs is 1. The summed E-state index contributed by atoms with van der Waals surface area (Å²) in [5, 5.41) is 0. The van der Waals surface area contributed by atoms with Crippen LogP contribution in [0.4, 0.5) is 45.5 Å². The van der Waals surface area contributed by atoms with Gasteiger partial charge in [0.25, 0.3) is 5.56 Å². The van der Waals surface area contributed by atoms with E-state index in [9.17, 15) is 49.1 Å². The number of halogens is 9. The second-order valence-electron chi connectivity index (χ2n) is 8.16. The molecule has 0 bridgehead atoms. The highest BCUT2D eigenvalue weighted by molar-refractivity contribution is 5.77. The van der Waals surface area contributed by atoms with Crippen molar-refractivity contribution in [3.63, 3.8) is 0 Å². The Morgan fingerprint density at radius 3 is 2.16 bits per heavy atom. The van der Waals surface area contributed by atoms with Crippen LogP contribution >= 0.6 is 0 Å². The Balaban J connectivity index is 1.92. The quantitative estimate of drug-likeness (QED) is 0.554. The monoisotopic (exact) mass is 546 g/mol. The van der Waals surface area contributed by atoms with Gasteiger partial charge in [-0.15, -0.1) is 13.2 Å². The topological polar surface area (TPSA) is 90.4 Å². The van der Waals surface area contributed by atoms with Gasteiger partial charge in [0.05, 0.1) is 24.9 Å². The molecule has 37 heavy (non-hydrogen) atoms. The lowest BCUT2D eigenvalue weighted by Gasteiger charge is -2.31. The summed E-state index contributed by atoms with van der Waals surface area (Å²) in [4.78, 5) is 30.1. The van der Waals surface area contributed by atoms with Crippen LogP contribution in [0.3, 0.4) is 0 Å². The van der Waals surface area contributed by atoms with Gasteiger partial charge in [-0.05, 0) is 12.0 Å². The molecule has 0 radical (unpaired) electrons. The Kier molecular flexibility index (Phi) is 7.81. The summed E-state index contributed by atoms with van der Waals surface area (Å²) in [6.45, 7) is -2.06. The number of carbonyl (C=O) groups excluding carboxylic acids is 1. The number of benzene rings is 1. The maximum Gasteiger partial charge on any atom is 0.522 e. The van der Waals surface area contributed by atoms with Crippen molar-refractivity contribution in [2.24, 2.45) is 5.92 Å². The predicted molar refractivity (Wildman–Crippen MR) is 109 cm³/mol. The number of hydrogen-bond acceptors (Lipinski definition) is 5. The number of ether oxygens (including phenoxy) is 1. The minimum atomic E-state index is -5.71. The standard InChI is InChI=1S/C21H19F9N4O3/c22-19(23,24)15(20(25,26)27)8-16(35)33-7-6-12-13(9-33)32-18(31)34(17(12)36)14(10-37-21(28,29)30)11-4-2-1-3-5-11/h1-5,14-15H,6-10H2,(H2,31,32). The Bertz CT molecular complexity index is 1160. The molecule has 1 unspecified atom stereocenters. The number of alkyl halides is 9. The largest absolute Gasteiger partial charge is 0.522 e. The van der Waals surface area contributed by atoms with E-state index >= 15 is 0 Å². The summed E-state index contributed by atoms with van der Waals surface area (Å²) in [6, 6.07) is 6.06. The van der Waals surface area contributed by atoms with Crippen LogP contribution in [0.15, 0.2) is 35.1 Å². The highest BCUT2D eigenvalue weighted by atomic mass is 19.4. The molecule has 1 atom stereocenters. The molecular formula is C21H19F9N4O3. The number of rotatable bonds is 6. The lowest BCUT2D eigenvalue weighted by atomic mass is 10.0. The first-order chi connectivity index (χ1) is 17.0. The molecule has 1 aromatic carbocycles. The Hall–Kier alpha value is -3.30. The maximum atomic E-state index is 13.2. The van der Waals surface area contributed by atoms with Crippen LogP contribution in [-0.4, -0.2) is 52.2 Å². The second kappa shape index (κ2) is 10.2. The van der Waals surface area contributed by atoms with E-state index in [0.29, 0.717) is 4.90 Å². The first-order valence-electron chi connectivity index (χ1n) is 10.6. The van der Waals surface area contributed by atoms with Crippen LogP contribution in [0, 0.1) is 5.92 Å². The molecule has 1 aromatic heterocycles. The lowest BCUT2D eigenvalue weighted by Crippen LogP contribution is -2.45. The van der Waals surface area contributed by atoms with Crippen molar-refractivity contribution < 1.29 is 49.0 Å². The van der Waals surface area contributed by atoms with Crippen molar-refractivity contribution in [3.05, 3.63) is 57.5 Å². The predicted octanol–water partition coefficient (Wildman–Crippen LogP) is 3.97. The molecule has 2 heterocycles. The van der Waals surface area contributed by atoms with Gasteiger partial charge in [0, 0.05) is 18.5 Å². The Morgan fingerprint density at radius 2 is 1.62 bits per heavy atom. The van der Waals surface area contributed by atoms with Crippen LogP contribution in [0.25, 0.3) is 0 Å². The number of hydrogen-bond donors (Lipinski definition) is 1. The molecule has 16 heteroatoms. The molecule has 0 fully saturated rings. The van der Waals surface area contributed by atoms with Gasteiger partial charge in [0.15, 0.2) is 5.92 Å². The molecule has 204 valence electrons. The zero-order valence-corrected chi connectivity index (χ0v) is 18.6. The number of amides is 1. The highest BCUT2D eigenvalue weighted by Crippen LogP contribution is 2.41. The molecular weight excluding hydrogens is 527 g/mol. The average Bonchev–Trinajstić information content (AvgIpc) is 2.77. The number of nitrogens with two attached hydrogens (primary N) is 1. The molecule has 2 N–H and O–H groups in total. The lowest BCUT2D eigenvalue weighted by molar-refractivity contribution is -0.326. The number of nitrogens with zero attached hydrogens (tertiary/aromatic N) is 3. The van der Waals surface area contributed by atoms with Crippen LogP contribution in [-0.2, 0) is 22.5 Å². The van der Waals surface area contributed by atoms with E-state index in [4.69, 9.17) is 5.73 Å². The maximum absolute atomic E-state index is 13.2. The molecule has 0 spiro atoms. The highest BCUT2D eigenvalue weighted by Gasteiger charge is 2.57. The normalized spacial score (nSPS) is 15.6. The zero-order chi connectivity index (χ0) is 27.8. The molecule has 0 saturated carbocycles. The van der Waals surface area contributed by atoms with E-state index in [0.717, 1.165) is 4.57 Å². The third-order valence-electron chi connectivity index (χ3n) is 5.72. The van der Waals surface area contributed by atoms with Crippen molar-refractivity contribution >= 4 is 11.9 Å². The molecule has 1 aliphatic heterocycles. The first-order valence-corrected chi connectivity index (χ1v) is 10.6. The van der Waals surface area contributed by atoms with Gasteiger partial charge in [-0.2, -0.15) is 26.3 Å². The number of aromatic nitrogens is 2. The van der Waals surface area contributed by atoms with Gasteiger partial charge in [0.1, 0.15) is 0 Å². The average molecular weight is 546 g/mol. The van der Waals surface area contributed by atoms with Gasteiger partial charge in [-0.25, -0.2) is 4.98 Å². The molecule has 1 amide bonds. The molecule has 7 nitrogen and oxygen atoms in total. The second-order valence-corrected chi connectivity index (χ2v) is 8.16. The first kappa shape index (κ1) is 28.3. The smallest absolute Gasteiger partial charge is 0.369 e. The van der Waals surface area contributed by atoms with Gasteiger partial charge in [-0.1, -0.05) is 30.3 Å². The molecule has 2 aromatic rings. The summed E-state index contributed by atoms with van der Waals surface area (Å²) in [5.74, 6) is -5.92. The van der Waals surface area contributed by atoms with Crippen LogP contribution < -0.4 is 11.3 Å². The number of nitrogen functional groups attached to an aromatic ring is 1. The van der Waals surface area contributed by atoms with E-state index in [1.807, 2.05) is 0 Å². The summed E-state index contributed by atoms with van der Waals surface area (Å²) < 4.78 is 120. The SMILES string of the molecule is Nc1nc2c(c(=O)n1C(COC(F)(F)F)c1ccccc1)CCN(C(=O)CC(C(F)(F)F)C(F)(F)F)C2. The third kappa shape index (κ3) is 6.72. The van der Waals surface area contributed by atoms with E-state index in [2.05, 4.69) is 9.72 Å². The van der Waals surface area contributed by atoms with Crippen LogP contribution in [0.5, 0.6) is 0 Å². The van der Waals surface area contributed by atoms with E-state index in [1.165, 1.54) is 24.3 Å². The summed E-state index contributed by atoms with van der Waals surface area (Å²) in [6.07, 6.45) is -18.7. The minimum absolute atomic E-state index is 0.0885. The van der Waals surface area contributed by atoms with Crippen molar-refractivity contribution in [1.29, 1.82) is 0 Å². The van der Waals surface area contributed by atoms with Gasteiger partial charge < -0.3 is 10.6 Å². The van der Waals surface area contributed by atoms with Crippen molar-refractivity contribution in [2.45, 2.75) is 44.1 Å². The van der Waals surface area contributed by atoms with Crippen molar-refractivity contribution in [3.8, 4) is 0 Å². The Labute approximate surface area is 202 Å². The van der Waals surface area contributed by atoms with Crippen molar-refractivity contribution in [2.75, 3.05) is 18.9 Å². The van der Waals surface area contributed by atoms with E-state index in [-0.39, 0.29) is 23.2 Å². The van der Waals surface area contributed by atoms with Crippen molar-refractivity contribution in [1.82, 2.24) is 14.5 Å². The summed E-state index contributed by atoms with van der Waals surface area (Å²) in [5.41, 5.74) is 4.93. The molecule has 3 rings (SSSR count). The van der Waals surface area contributed by atoms with E-state index < -0.39 is 74.2 Å². The Morgan fingerprint density at radius 1 is 1.03 bits per heavy atom. The fraction of sp³-hybridized carbons (Fsp3) is 0.476. The fourth-order valence-corrected chi connectivity index (χ4v) is 3.92. The van der Waals surface area contributed by atoms with Crippen LogP contribution in [0.2, 0.25) is 0 Å². The number of anilines is 1. The fourth-order valence-electron chi connectivity index (χ4n) is 3.92. The van der Waals surface area contributed by atoms with E-state index in [1.54, 1.807) is 6.07 Å².